The number of nitrogens with zero attached hydrogens (tertiary/aromatic N) is 2. The fraction of sp³-hybridized carbons (Fsp3) is 0.167. The Hall–Kier alpha value is -1.70. The van der Waals surface area contributed by atoms with Crippen LogP contribution in [0.25, 0.3) is 5.57 Å². The number of aromatic nitrogens is 1. The lowest BCUT2D eigenvalue weighted by Crippen LogP contribution is -1.79. The van der Waals surface area contributed by atoms with Crippen LogP contribution in [-0.4, -0.2) is 11.7 Å². The average Bonchev–Trinajstić information content (AvgIpc) is 2.26. The average molecular weight is 186 g/mol. The zero-order valence-electron chi connectivity index (χ0n) is 8.57. The summed E-state index contributed by atoms with van der Waals surface area (Å²) in [6.07, 6.45) is 7.57. The summed E-state index contributed by atoms with van der Waals surface area (Å²) in [7, 11) is 0. The first-order valence-electron chi connectivity index (χ1n) is 4.46. The van der Waals surface area contributed by atoms with Gasteiger partial charge in [0.25, 0.3) is 0 Å². The van der Waals surface area contributed by atoms with E-state index < -0.39 is 0 Å². The molecule has 0 atom stereocenters. The second kappa shape index (κ2) is 5.12. The van der Waals surface area contributed by atoms with Gasteiger partial charge in [0.2, 0.25) is 0 Å². The monoisotopic (exact) mass is 186 g/mol. The number of rotatable bonds is 3. The van der Waals surface area contributed by atoms with Crippen LogP contribution in [0.4, 0.5) is 0 Å². The highest BCUT2D eigenvalue weighted by Crippen LogP contribution is 2.11. The number of hydrogen-bond donors (Lipinski definition) is 0. The molecule has 0 radical (unpaired) electrons. The van der Waals surface area contributed by atoms with Crippen LogP contribution in [0.5, 0.6) is 0 Å². The summed E-state index contributed by atoms with van der Waals surface area (Å²) in [5.41, 5.74) is 3.20. The first-order chi connectivity index (χ1) is 6.74. The molecule has 0 aliphatic rings. The second-order valence-corrected chi connectivity index (χ2v) is 3.06. The molecule has 72 valence electrons. The molecule has 0 aliphatic heterocycles. The van der Waals surface area contributed by atoms with E-state index >= 15 is 0 Å². The fourth-order valence-electron chi connectivity index (χ4n) is 0.991. The van der Waals surface area contributed by atoms with Gasteiger partial charge in [-0.25, -0.2) is 0 Å². The Labute approximate surface area is 84.7 Å². The molecule has 14 heavy (non-hydrogen) atoms. The quantitative estimate of drug-likeness (QED) is 0.526. The van der Waals surface area contributed by atoms with E-state index in [1.54, 1.807) is 6.20 Å². The van der Waals surface area contributed by atoms with Crippen molar-refractivity contribution in [3.05, 3.63) is 47.9 Å². The lowest BCUT2D eigenvalue weighted by molar-refractivity contribution is 1.30. The summed E-state index contributed by atoms with van der Waals surface area (Å²) >= 11 is 0. The normalized spacial score (nSPS) is 12.7. The Morgan fingerprint density at radius 2 is 2.21 bits per heavy atom. The van der Waals surface area contributed by atoms with E-state index in [9.17, 15) is 0 Å². The van der Waals surface area contributed by atoms with Crippen molar-refractivity contribution < 1.29 is 0 Å². The maximum atomic E-state index is 4.06. The largest absolute Gasteiger partial charge is 0.269 e. The minimum atomic E-state index is 0.910. The minimum Gasteiger partial charge on any atom is -0.269 e. The highest BCUT2D eigenvalue weighted by molar-refractivity contribution is 5.64. The van der Waals surface area contributed by atoms with Crippen molar-refractivity contribution in [3.63, 3.8) is 0 Å². The molecule has 0 spiro atoms. The van der Waals surface area contributed by atoms with Crippen LogP contribution in [-0.2, 0) is 0 Å². The van der Waals surface area contributed by atoms with Gasteiger partial charge in [0.05, 0.1) is 0 Å². The molecule has 0 aliphatic carbocycles. The molecule has 0 unspecified atom stereocenters. The summed E-state index contributed by atoms with van der Waals surface area (Å²) < 4.78 is 0. The van der Waals surface area contributed by atoms with Gasteiger partial charge < -0.3 is 0 Å². The standard InChI is InChI=1S/C12H14N2/c1-10(6-7-11(2)13-3)12-5-4-8-14-9-12/h4-9H,3H2,1-2H3/b10-6+,11-7-. The van der Waals surface area contributed by atoms with Gasteiger partial charge in [-0.1, -0.05) is 12.1 Å². The highest BCUT2D eigenvalue weighted by Gasteiger charge is 1.92. The maximum Gasteiger partial charge on any atom is 0.0365 e. The number of aliphatic imine (C=N–C) groups is 1. The van der Waals surface area contributed by atoms with Crippen molar-refractivity contribution in [1.29, 1.82) is 0 Å². The Morgan fingerprint density at radius 3 is 2.79 bits per heavy atom. The van der Waals surface area contributed by atoms with Crippen LogP contribution in [0.15, 0.2) is 47.4 Å². The van der Waals surface area contributed by atoms with E-state index in [4.69, 9.17) is 0 Å². The SMILES string of the molecule is C=N/C(C)=C\C=C(/C)c1cccnc1. The summed E-state index contributed by atoms with van der Waals surface area (Å²) in [6.45, 7) is 7.41. The maximum absolute atomic E-state index is 4.06. The van der Waals surface area contributed by atoms with E-state index in [1.807, 2.05) is 44.3 Å². The Balaban J connectivity index is 2.86. The van der Waals surface area contributed by atoms with Gasteiger partial charge in [-0.3, -0.25) is 9.98 Å². The first-order valence-corrected chi connectivity index (χ1v) is 4.46. The fourth-order valence-corrected chi connectivity index (χ4v) is 0.991. The number of allylic oxidation sites excluding steroid dienone is 4. The molecule has 1 rings (SSSR count). The van der Waals surface area contributed by atoms with Crippen LogP contribution >= 0.6 is 0 Å². The molecule has 1 heterocycles. The molecule has 0 amide bonds. The molecule has 0 bridgehead atoms. The first kappa shape index (κ1) is 10.4. The third-order valence-electron chi connectivity index (χ3n) is 1.94. The van der Waals surface area contributed by atoms with E-state index in [-0.39, 0.29) is 0 Å². The molecule has 0 saturated carbocycles. The Morgan fingerprint density at radius 1 is 1.43 bits per heavy atom. The van der Waals surface area contributed by atoms with E-state index in [2.05, 4.69) is 16.7 Å². The zero-order valence-corrected chi connectivity index (χ0v) is 8.57. The van der Waals surface area contributed by atoms with Crippen molar-refractivity contribution in [2.24, 2.45) is 4.99 Å². The molecule has 2 heteroatoms. The van der Waals surface area contributed by atoms with Gasteiger partial charge >= 0.3 is 0 Å². The van der Waals surface area contributed by atoms with Crippen LogP contribution in [0, 0.1) is 0 Å². The van der Waals surface area contributed by atoms with Gasteiger partial charge in [-0.05, 0) is 43.8 Å². The molecule has 1 aromatic heterocycles. The van der Waals surface area contributed by atoms with Gasteiger partial charge in [-0.15, -0.1) is 0 Å². The molecule has 0 fully saturated rings. The minimum absolute atomic E-state index is 0.910. The molecular weight excluding hydrogens is 172 g/mol. The van der Waals surface area contributed by atoms with E-state index in [1.165, 1.54) is 5.57 Å². The summed E-state index contributed by atoms with van der Waals surface area (Å²) in [6, 6.07) is 3.96. The third-order valence-corrected chi connectivity index (χ3v) is 1.94. The van der Waals surface area contributed by atoms with E-state index in [0.29, 0.717) is 0 Å². The van der Waals surface area contributed by atoms with Gasteiger partial charge in [0, 0.05) is 18.1 Å². The van der Waals surface area contributed by atoms with E-state index in [0.717, 1.165) is 11.3 Å². The highest BCUT2D eigenvalue weighted by atomic mass is 14.7. The van der Waals surface area contributed by atoms with Crippen LogP contribution < -0.4 is 0 Å². The predicted molar refractivity (Wildman–Crippen MR) is 61.2 cm³/mol. The molecule has 0 aromatic carbocycles. The molecule has 2 nitrogen and oxygen atoms in total. The van der Waals surface area contributed by atoms with Gasteiger partial charge in [-0.2, -0.15) is 0 Å². The van der Waals surface area contributed by atoms with Crippen LogP contribution in [0.1, 0.15) is 19.4 Å². The van der Waals surface area contributed by atoms with Crippen molar-refractivity contribution >= 4 is 12.3 Å². The zero-order chi connectivity index (χ0) is 10.4. The predicted octanol–water partition coefficient (Wildman–Crippen LogP) is 3.09. The van der Waals surface area contributed by atoms with Crippen molar-refractivity contribution in [2.45, 2.75) is 13.8 Å². The molecule has 1 aromatic rings. The topological polar surface area (TPSA) is 25.2 Å². The van der Waals surface area contributed by atoms with Crippen molar-refractivity contribution in [3.8, 4) is 0 Å². The van der Waals surface area contributed by atoms with Gasteiger partial charge in [0.1, 0.15) is 0 Å². The Bertz CT molecular complexity index is 361. The summed E-state index contributed by atoms with van der Waals surface area (Å²) in [5.74, 6) is 0. The van der Waals surface area contributed by atoms with Crippen molar-refractivity contribution in [1.82, 2.24) is 4.98 Å². The Kier molecular flexibility index (Phi) is 3.80. The number of hydrogen-bond acceptors (Lipinski definition) is 2. The van der Waals surface area contributed by atoms with Crippen LogP contribution in [0.2, 0.25) is 0 Å². The summed E-state index contributed by atoms with van der Waals surface area (Å²) in [5, 5.41) is 0. The molecule has 0 saturated heterocycles. The third kappa shape index (κ3) is 2.98. The summed E-state index contributed by atoms with van der Waals surface area (Å²) in [4.78, 5) is 7.86. The number of pyridine rings is 1. The smallest absolute Gasteiger partial charge is 0.0365 e. The lowest BCUT2D eigenvalue weighted by Gasteiger charge is -1.98. The molecular formula is C12H14N2. The van der Waals surface area contributed by atoms with Gasteiger partial charge in [0.15, 0.2) is 0 Å². The van der Waals surface area contributed by atoms with Crippen molar-refractivity contribution in [2.75, 3.05) is 0 Å². The van der Waals surface area contributed by atoms with Crippen LogP contribution in [0.3, 0.4) is 0 Å². The molecule has 0 N–H and O–H groups in total. The second-order valence-electron chi connectivity index (χ2n) is 3.06. The lowest BCUT2D eigenvalue weighted by atomic mass is 10.1.